The first-order valence-corrected chi connectivity index (χ1v) is 11.5. The lowest BCUT2D eigenvalue weighted by atomic mass is 9.81. The SMILES string of the molecule is CCOC(=O)/C=C1\C[C@H]2[C@H]3C/C(=C\C(=O)OCC)[C@@H]4[C@H]3C3C5[C@H]([C@H]6O[C@H]6[C@H]54)[C@H]1[C@H]32. The number of esters is 2. The van der Waals surface area contributed by atoms with Gasteiger partial charge in [-0.3, -0.25) is 0 Å². The van der Waals surface area contributed by atoms with Crippen LogP contribution in [0.1, 0.15) is 26.7 Å². The van der Waals surface area contributed by atoms with Crippen LogP contribution >= 0.6 is 0 Å². The zero-order valence-electron chi connectivity index (χ0n) is 17.0. The van der Waals surface area contributed by atoms with Crippen molar-refractivity contribution in [2.24, 2.45) is 59.2 Å². The van der Waals surface area contributed by atoms with Crippen LogP contribution in [0.15, 0.2) is 23.3 Å². The summed E-state index contributed by atoms with van der Waals surface area (Å²) < 4.78 is 16.7. The number of rotatable bonds is 4. The largest absolute Gasteiger partial charge is 0.463 e. The minimum atomic E-state index is -0.175. The summed E-state index contributed by atoms with van der Waals surface area (Å²) >= 11 is 0. The second-order valence-corrected chi connectivity index (χ2v) is 10.3. The molecule has 6 aliphatic carbocycles. The van der Waals surface area contributed by atoms with Crippen molar-refractivity contribution in [3.05, 3.63) is 23.3 Å². The number of hydrogen-bond acceptors (Lipinski definition) is 5. The van der Waals surface area contributed by atoms with Crippen LogP contribution in [0, 0.1) is 59.2 Å². The van der Waals surface area contributed by atoms with Crippen molar-refractivity contribution >= 4 is 11.9 Å². The highest BCUT2D eigenvalue weighted by molar-refractivity contribution is 5.83. The summed E-state index contributed by atoms with van der Waals surface area (Å²) in [5, 5.41) is 0. The first kappa shape index (κ1) is 17.1. The molecule has 6 saturated carbocycles. The Morgan fingerprint density at radius 1 is 0.793 bits per heavy atom. The molecule has 1 aliphatic heterocycles. The number of ether oxygens (including phenoxy) is 3. The molecule has 0 aromatic carbocycles. The summed E-state index contributed by atoms with van der Waals surface area (Å²) in [7, 11) is 0. The summed E-state index contributed by atoms with van der Waals surface area (Å²) in [5.74, 6) is 6.15. The molecular weight excluding hydrogens is 368 g/mol. The summed E-state index contributed by atoms with van der Waals surface area (Å²) in [6, 6.07) is 0. The Kier molecular flexibility index (Phi) is 3.27. The van der Waals surface area contributed by atoms with Crippen LogP contribution in [0.3, 0.4) is 0 Å². The Bertz CT molecular complexity index is 804. The van der Waals surface area contributed by atoms with Gasteiger partial charge in [0, 0.05) is 12.2 Å². The number of epoxide rings is 1. The highest BCUT2D eigenvalue weighted by Gasteiger charge is 2.83. The average Bonchev–Trinajstić information content (AvgIpc) is 3.08. The van der Waals surface area contributed by atoms with Gasteiger partial charge in [0.15, 0.2) is 0 Å². The quantitative estimate of drug-likeness (QED) is 0.415. The van der Waals surface area contributed by atoms with Crippen LogP contribution < -0.4 is 0 Å². The van der Waals surface area contributed by atoms with Crippen molar-refractivity contribution in [1.82, 2.24) is 0 Å². The molecule has 1 saturated heterocycles. The fourth-order valence-corrected chi connectivity index (χ4v) is 9.65. The molecule has 0 N–H and O–H groups in total. The van der Waals surface area contributed by atoms with E-state index in [1.165, 1.54) is 11.1 Å². The number of fused-ring (bicyclic) bond motifs is 6. The van der Waals surface area contributed by atoms with Crippen LogP contribution in [0.4, 0.5) is 0 Å². The molecule has 12 atom stereocenters. The Balaban J connectivity index is 1.30. The number of carbonyl (C=O) groups excluding carboxylic acids is 2. The van der Waals surface area contributed by atoms with Gasteiger partial charge in [-0.15, -0.1) is 0 Å². The maximum Gasteiger partial charge on any atom is 0.330 e. The van der Waals surface area contributed by atoms with Crippen molar-refractivity contribution in [2.75, 3.05) is 13.2 Å². The molecule has 1 heterocycles. The Hall–Kier alpha value is -1.62. The lowest BCUT2D eigenvalue weighted by Gasteiger charge is -2.25. The van der Waals surface area contributed by atoms with E-state index in [4.69, 9.17) is 14.2 Å². The van der Waals surface area contributed by atoms with E-state index in [1.807, 2.05) is 26.0 Å². The molecule has 0 radical (unpaired) electrons. The van der Waals surface area contributed by atoms with Gasteiger partial charge in [-0.2, -0.15) is 0 Å². The fourth-order valence-electron chi connectivity index (χ4n) is 9.65. The van der Waals surface area contributed by atoms with Crippen LogP contribution in [-0.4, -0.2) is 37.4 Å². The monoisotopic (exact) mass is 396 g/mol. The van der Waals surface area contributed by atoms with Crippen molar-refractivity contribution in [3.8, 4) is 0 Å². The zero-order chi connectivity index (χ0) is 19.6. The Morgan fingerprint density at radius 2 is 1.24 bits per heavy atom. The molecule has 29 heavy (non-hydrogen) atoms. The van der Waals surface area contributed by atoms with Crippen LogP contribution in [0.5, 0.6) is 0 Å². The summed E-state index contributed by atoms with van der Waals surface area (Å²) in [4.78, 5) is 24.5. The lowest BCUT2D eigenvalue weighted by molar-refractivity contribution is -0.138. The molecule has 7 aliphatic rings. The minimum Gasteiger partial charge on any atom is -0.463 e. The second-order valence-electron chi connectivity index (χ2n) is 10.3. The van der Waals surface area contributed by atoms with Gasteiger partial charge in [-0.25, -0.2) is 9.59 Å². The summed E-state index contributed by atoms with van der Waals surface area (Å²) in [6.45, 7) is 4.59. The Labute approximate surface area is 170 Å². The van der Waals surface area contributed by atoms with Crippen molar-refractivity contribution in [1.29, 1.82) is 0 Å². The fraction of sp³-hybridized carbons (Fsp3) is 0.750. The van der Waals surface area contributed by atoms with E-state index >= 15 is 0 Å². The smallest absolute Gasteiger partial charge is 0.330 e. The molecular formula is C24H28O5. The zero-order valence-corrected chi connectivity index (χ0v) is 17.0. The average molecular weight is 396 g/mol. The molecule has 0 amide bonds. The lowest BCUT2D eigenvalue weighted by Crippen LogP contribution is -2.24. The molecule has 7 fully saturated rings. The van der Waals surface area contributed by atoms with Crippen LogP contribution in [0.2, 0.25) is 0 Å². The van der Waals surface area contributed by atoms with Gasteiger partial charge in [-0.05, 0) is 85.9 Å². The van der Waals surface area contributed by atoms with E-state index in [0.717, 1.165) is 36.5 Å². The van der Waals surface area contributed by atoms with E-state index in [1.54, 1.807) is 0 Å². The van der Waals surface area contributed by atoms with E-state index in [0.29, 0.717) is 60.9 Å². The molecule has 154 valence electrons. The second kappa shape index (κ2) is 5.54. The number of hydrogen-bond donors (Lipinski definition) is 0. The molecule has 0 bridgehead atoms. The third-order valence-electron chi connectivity index (χ3n) is 9.72. The molecule has 7 rings (SSSR count). The topological polar surface area (TPSA) is 65.1 Å². The van der Waals surface area contributed by atoms with Gasteiger partial charge in [0.25, 0.3) is 0 Å². The van der Waals surface area contributed by atoms with Crippen LogP contribution in [-0.2, 0) is 23.8 Å². The standard InChI is InChI=1S/C24H28O5/c1-3-27-13(25)7-9-5-11-12-6-10(8-14(26)28-4-2)16-18(12)19-17(11)15(9)21-20(19)22(16)24-23(21)29-24/h7-8,11-12,15-24H,3-6H2,1-2H3/b9-7+,10-8+/t11-,12+,15-,16-,17+,18-,19?,20?,21+,22-,23+,24-/m1/s1. The number of carbonyl (C=O) groups is 2. The highest BCUT2D eigenvalue weighted by Crippen LogP contribution is 2.83. The predicted octanol–water partition coefficient (Wildman–Crippen LogP) is 2.76. The predicted molar refractivity (Wildman–Crippen MR) is 102 cm³/mol. The molecule has 5 nitrogen and oxygen atoms in total. The summed E-state index contributed by atoms with van der Waals surface area (Å²) in [6.07, 6.45) is 6.50. The highest BCUT2D eigenvalue weighted by atomic mass is 16.6. The first-order valence-electron chi connectivity index (χ1n) is 11.5. The van der Waals surface area contributed by atoms with Gasteiger partial charge in [-0.1, -0.05) is 11.1 Å². The molecule has 0 aromatic heterocycles. The number of allylic oxidation sites excluding steroid dienone is 2. The van der Waals surface area contributed by atoms with Gasteiger partial charge in [0.05, 0.1) is 25.4 Å². The molecule has 0 aromatic rings. The maximum absolute atomic E-state index is 12.3. The van der Waals surface area contributed by atoms with E-state index in [9.17, 15) is 9.59 Å². The van der Waals surface area contributed by atoms with Gasteiger partial charge < -0.3 is 14.2 Å². The van der Waals surface area contributed by atoms with Gasteiger partial charge >= 0.3 is 11.9 Å². The van der Waals surface area contributed by atoms with E-state index in [-0.39, 0.29) is 11.9 Å². The van der Waals surface area contributed by atoms with Crippen molar-refractivity contribution < 1.29 is 23.8 Å². The maximum atomic E-state index is 12.3. The van der Waals surface area contributed by atoms with Gasteiger partial charge in [0.2, 0.25) is 0 Å². The molecule has 0 spiro atoms. The molecule has 2 unspecified atom stereocenters. The van der Waals surface area contributed by atoms with Crippen LogP contribution in [0.25, 0.3) is 0 Å². The van der Waals surface area contributed by atoms with Crippen molar-refractivity contribution in [2.45, 2.75) is 38.9 Å². The third kappa shape index (κ3) is 1.92. The normalized spacial score (nSPS) is 56.2. The van der Waals surface area contributed by atoms with E-state index in [2.05, 4.69) is 0 Å². The Morgan fingerprint density at radius 3 is 1.69 bits per heavy atom. The minimum absolute atomic E-state index is 0.175. The van der Waals surface area contributed by atoms with E-state index < -0.39 is 0 Å². The first-order chi connectivity index (χ1) is 14.1. The van der Waals surface area contributed by atoms with Crippen molar-refractivity contribution in [3.63, 3.8) is 0 Å². The van der Waals surface area contributed by atoms with Gasteiger partial charge in [0.1, 0.15) is 0 Å². The summed E-state index contributed by atoms with van der Waals surface area (Å²) in [5.41, 5.74) is 2.68. The third-order valence-corrected chi connectivity index (χ3v) is 9.72. The molecule has 5 heteroatoms.